The van der Waals surface area contributed by atoms with Crippen LogP contribution >= 0.6 is 0 Å². The summed E-state index contributed by atoms with van der Waals surface area (Å²) in [5.74, 6) is -0.789. The maximum atomic E-state index is 11.6. The predicted octanol–water partition coefficient (Wildman–Crippen LogP) is 8.73. The second kappa shape index (κ2) is 53.3. The average Bonchev–Trinajstić information content (AvgIpc) is 3.36. The number of methoxy groups -OCH3 is 4. The molecule has 2 aliphatic heterocycles. The van der Waals surface area contributed by atoms with Crippen molar-refractivity contribution < 1.29 is 91.7 Å². The Kier molecular flexibility index (Phi) is 55.0. The van der Waals surface area contributed by atoms with Crippen LogP contribution in [0.1, 0.15) is 132 Å². The summed E-state index contributed by atoms with van der Waals surface area (Å²) >= 11 is 0. The summed E-state index contributed by atoms with van der Waals surface area (Å²) in [6, 6.07) is 0. The molecule has 0 aromatic carbocycles. The van der Waals surface area contributed by atoms with Crippen LogP contribution in [0.25, 0.3) is 0 Å². The standard InChI is InChI=1S/C15H26O4.C13H22O4.C10H16O4.C8H14O4.C8H16O3.C2H6/c1-6-12(3)10-13(4)19-15(16)9-8-14(7-2)18-11-17-5;1-10-4-5-12(16-9-15-3)6-7-13(14)17-11(2)8-10;1-7-6-9(12)3-2-8(11)4-5-10(13)14-7;1-3-7(12-6-11-2)4-5-8(9)10;1-4-8(5-7(2)9)11-6-10-3;1-2/h6-7,12-14H,1-2,8-11H2,3-5H3;4-5,10-12H,6-9H2,1-3H3;2-3,7-9,11-12H,4-6H2,1H3;3,7H,1,4-6H2,2H3,(H,9,10);4,7-9H,1,5-6H2,2-3H3;1-2H3/b;5-4+;3-2+;;;/t12-,13-,14-;10-,11-,12-;7-,8-,9-;7-;7-,8-;/m11111./s1. The van der Waals surface area contributed by atoms with Gasteiger partial charge in [-0.1, -0.05) is 76.3 Å². The van der Waals surface area contributed by atoms with Gasteiger partial charge in [0.25, 0.3) is 0 Å². The Hall–Kier alpha value is -4.12. The Morgan fingerprint density at radius 3 is 1.59 bits per heavy atom. The molecule has 0 aromatic rings. The van der Waals surface area contributed by atoms with Gasteiger partial charge < -0.3 is 72.5 Å². The molecule has 0 spiro atoms. The quantitative estimate of drug-likeness (QED) is 0.0260. The zero-order valence-electron chi connectivity index (χ0n) is 47.6. The van der Waals surface area contributed by atoms with Crippen molar-refractivity contribution in [3.8, 4) is 0 Å². The number of ether oxygens (including phenoxy) is 11. The molecule has 0 aliphatic carbocycles. The second-order valence-corrected chi connectivity index (χ2v) is 17.5. The molecule has 2 rings (SSSR count). The third kappa shape index (κ3) is 53.1. The normalized spacial score (nSPS) is 22.7. The van der Waals surface area contributed by atoms with E-state index in [0.29, 0.717) is 63.2 Å². The molecule has 0 unspecified atom stereocenters. The Labute approximate surface area is 450 Å². The fourth-order valence-corrected chi connectivity index (χ4v) is 6.32. The lowest BCUT2D eigenvalue weighted by molar-refractivity contribution is -0.151. The molecular formula is C56H100O19. The van der Waals surface area contributed by atoms with E-state index in [0.717, 1.165) is 12.8 Å². The predicted molar refractivity (Wildman–Crippen MR) is 289 cm³/mol. The van der Waals surface area contributed by atoms with Crippen LogP contribution in [0.2, 0.25) is 0 Å². The van der Waals surface area contributed by atoms with Gasteiger partial charge in [-0.2, -0.15) is 0 Å². The van der Waals surface area contributed by atoms with Crippen LogP contribution in [-0.2, 0) is 71.3 Å². The highest BCUT2D eigenvalue weighted by atomic mass is 16.7. The highest BCUT2D eigenvalue weighted by Crippen LogP contribution is 2.17. The average molecular weight is 1080 g/mol. The van der Waals surface area contributed by atoms with E-state index in [1.165, 1.54) is 13.2 Å². The lowest BCUT2D eigenvalue weighted by Gasteiger charge is -2.20. The van der Waals surface area contributed by atoms with E-state index in [4.69, 9.17) is 57.6 Å². The van der Waals surface area contributed by atoms with E-state index < -0.39 is 18.2 Å². The van der Waals surface area contributed by atoms with Crippen molar-refractivity contribution in [1.29, 1.82) is 0 Å². The molecule has 438 valence electrons. The molecule has 12 atom stereocenters. The number of rotatable bonds is 27. The van der Waals surface area contributed by atoms with Gasteiger partial charge in [-0.3, -0.25) is 19.2 Å². The number of allylic oxidation sites excluding steroid dienone is 2. The molecule has 19 nitrogen and oxygen atoms in total. The maximum Gasteiger partial charge on any atom is 0.306 e. The molecule has 19 heteroatoms. The van der Waals surface area contributed by atoms with Crippen molar-refractivity contribution in [2.45, 2.75) is 193 Å². The van der Waals surface area contributed by atoms with E-state index in [2.05, 4.69) is 44.1 Å². The van der Waals surface area contributed by atoms with Gasteiger partial charge in [0, 0.05) is 67.0 Å². The molecule has 0 saturated heterocycles. The first kappa shape index (κ1) is 77.4. The summed E-state index contributed by atoms with van der Waals surface area (Å²) in [7, 11) is 6.21. The monoisotopic (exact) mass is 1080 g/mol. The highest BCUT2D eigenvalue weighted by Gasteiger charge is 2.19. The molecule has 2 aliphatic rings. The largest absolute Gasteiger partial charge is 0.481 e. The zero-order valence-corrected chi connectivity index (χ0v) is 47.6. The summed E-state index contributed by atoms with van der Waals surface area (Å²) < 4.78 is 55.7. The zero-order chi connectivity index (χ0) is 58.0. The van der Waals surface area contributed by atoms with Crippen molar-refractivity contribution >= 4 is 23.9 Å². The van der Waals surface area contributed by atoms with Gasteiger partial charge in [0.1, 0.15) is 33.3 Å². The molecule has 0 aromatic heterocycles. The third-order valence-electron chi connectivity index (χ3n) is 10.1. The number of aliphatic hydroxyl groups excluding tert-OH is 3. The number of hydrogen-bond acceptors (Lipinski definition) is 18. The van der Waals surface area contributed by atoms with E-state index in [1.54, 1.807) is 59.5 Å². The first-order chi connectivity index (χ1) is 35.6. The van der Waals surface area contributed by atoms with Crippen LogP contribution in [0.5, 0.6) is 0 Å². The summed E-state index contributed by atoms with van der Waals surface area (Å²) in [4.78, 5) is 44.4. The van der Waals surface area contributed by atoms with Gasteiger partial charge in [0.05, 0.1) is 54.9 Å². The van der Waals surface area contributed by atoms with Gasteiger partial charge in [0.2, 0.25) is 0 Å². The number of carbonyl (C=O) groups is 4. The van der Waals surface area contributed by atoms with Crippen molar-refractivity contribution in [3.63, 3.8) is 0 Å². The van der Waals surface area contributed by atoms with Crippen LogP contribution in [-0.4, -0.2) is 161 Å². The van der Waals surface area contributed by atoms with Crippen molar-refractivity contribution in [3.05, 3.63) is 74.9 Å². The van der Waals surface area contributed by atoms with Gasteiger partial charge in [0.15, 0.2) is 0 Å². The lowest BCUT2D eigenvalue weighted by Crippen LogP contribution is -2.22. The van der Waals surface area contributed by atoms with Crippen LogP contribution < -0.4 is 0 Å². The van der Waals surface area contributed by atoms with Crippen LogP contribution in [0, 0.1) is 11.8 Å². The molecular weight excluding hydrogens is 977 g/mol. The number of cyclic esters (lactones) is 2. The topological polar surface area (TPSA) is 251 Å². The second-order valence-electron chi connectivity index (χ2n) is 17.5. The minimum absolute atomic E-state index is 0.0152. The molecule has 75 heavy (non-hydrogen) atoms. The fourth-order valence-electron chi connectivity index (χ4n) is 6.32. The van der Waals surface area contributed by atoms with Crippen LogP contribution in [0.4, 0.5) is 0 Å². The van der Waals surface area contributed by atoms with E-state index in [9.17, 15) is 29.4 Å². The van der Waals surface area contributed by atoms with Gasteiger partial charge in [-0.15, -0.1) is 26.3 Å². The summed E-state index contributed by atoms with van der Waals surface area (Å²) in [6.07, 6.45) is 16.8. The first-order valence-corrected chi connectivity index (χ1v) is 25.8. The summed E-state index contributed by atoms with van der Waals surface area (Å²) in [5.41, 5.74) is 0. The molecule has 0 saturated carbocycles. The van der Waals surface area contributed by atoms with Gasteiger partial charge in [-0.05, 0) is 78.1 Å². The molecule has 0 fully saturated rings. The number of carbonyl (C=O) groups excluding carboxylic acids is 3. The molecule has 0 radical (unpaired) electrons. The maximum absolute atomic E-state index is 11.6. The first-order valence-electron chi connectivity index (χ1n) is 25.8. The Balaban J connectivity index is -0.000000422. The molecule has 2 heterocycles. The van der Waals surface area contributed by atoms with Crippen molar-refractivity contribution in [2.24, 2.45) is 11.8 Å². The van der Waals surface area contributed by atoms with Gasteiger partial charge in [-0.25, -0.2) is 0 Å². The molecule has 0 amide bonds. The summed E-state index contributed by atoms with van der Waals surface area (Å²) in [6.45, 7) is 30.7. The van der Waals surface area contributed by atoms with Gasteiger partial charge >= 0.3 is 23.9 Å². The Morgan fingerprint density at radius 2 is 1.12 bits per heavy atom. The number of aliphatic carboxylic acids is 1. The SMILES string of the molecule is C=C[C@@H](C)C[C@@H](C)OC(=O)CC[C@@H](C=C)OCOC.C=C[C@H](CCC(=O)O)OCOC.C=C[C@H](C[C@@H](C)O)OCOC.CC.COCO[C@@H]1/C=C/[C@@H](C)C[C@@H](C)OC(=O)CC1.C[C@@H]1C[C@H](O)/C=C/[C@@H](O)CCC(=O)O1. The Morgan fingerprint density at radius 1 is 0.653 bits per heavy atom. The minimum Gasteiger partial charge on any atom is -0.481 e. The third-order valence-corrected chi connectivity index (χ3v) is 10.1. The van der Waals surface area contributed by atoms with E-state index in [1.807, 2.05) is 46.8 Å². The smallest absolute Gasteiger partial charge is 0.306 e. The van der Waals surface area contributed by atoms with Crippen LogP contribution in [0.3, 0.4) is 0 Å². The van der Waals surface area contributed by atoms with E-state index in [-0.39, 0.29) is 107 Å². The molecule has 4 N–H and O–H groups in total. The number of carboxylic acids is 1. The number of hydrogen-bond donors (Lipinski definition) is 4. The van der Waals surface area contributed by atoms with Crippen molar-refractivity contribution in [1.82, 2.24) is 0 Å². The highest BCUT2D eigenvalue weighted by molar-refractivity contribution is 5.70. The Bertz CT molecular complexity index is 1500. The number of esters is 3. The minimum atomic E-state index is -0.831. The number of aliphatic hydroxyl groups is 3. The van der Waals surface area contributed by atoms with Crippen LogP contribution in [0.15, 0.2) is 74.9 Å². The summed E-state index contributed by atoms with van der Waals surface area (Å²) in [5, 5.41) is 36.1. The lowest BCUT2D eigenvalue weighted by atomic mass is 10.0. The van der Waals surface area contributed by atoms with Crippen molar-refractivity contribution in [2.75, 3.05) is 55.6 Å². The molecule has 0 bridgehead atoms. The number of carboxylic acid groups (broad SMARTS) is 1. The van der Waals surface area contributed by atoms with E-state index >= 15 is 0 Å². The fraction of sp³-hybridized carbons (Fsp3) is 0.714.